The van der Waals surface area contributed by atoms with E-state index < -0.39 is 7.82 Å². The van der Waals surface area contributed by atoms with Crippen molar-refractivity contribution < 1.29 is 19.2 Å². The summed E-state index contributed by atoms with van der Waals surface area (Å²) in [5, 5.41) is 0. The van der Waals surface area contributed by atoms with Crippen molar-refractivity contribution in [2.24, 2.45) is 0 Å². The largest absolute Gasteiger partial charge is 4.00 e. The summed E-state index contributed by atoms with van der Waals surface area (Å²) in [4.78, 5) is 25.6. The maximum Gasteiger partial charge on any atom is 4.00 e. The summed E-state index contributed by atoms with van der Waals surface area (Å²) < 4.78 is 8.55. The third-order valence-electron chi connectivity index (χ3n) is 0. The molecule has 0 atom stereocenters. The van der Waals surface area contributed by atoms with Gasteiger partial charge in [-0.25, -0.2) is 0 Å². The minimum atomic E-state index is -5.39. The molecular weight excluding hydrogens is 334 g/mol. The molecule has 32 valence electrons. The minimum absolute atomic E-state index is 0. The van der Waals surface area contributed by atoms with E-state index in [2.05, 4.69) is 0 Å². The van der Waals surface area contributed by atoms with Gasteiger partial charge in [0.05, 0.1) is 0 Å². The van der Waals surface area contributed by atoms with Gasteiger partial charge in [-0.3, -0.25) is 0 Å². The molecule has 0 heterocycles. The van der Waals surface area contributed by atoms with Crippen LogP contribution in [0.4, 0.5) is 0 Å². The van der Waals surface area contributed by atoms with Crippen LogP contribution in [0.15, 0.2) is 0 Å². The number of phosphoric acid groups is 1. The Balaban J connectivity index is -0.0000000133. The van der Waals surface area contributed by atoms with Crippen LogP contribution in [0.5, 0.6) is 0 Å². The van der Waals surface area contributed by atoms with Crippen LogP contribution in [0.1, 0.15) is 0 Å². The Morgan fingerprint density at radius 3 is 0.889 bits per heavy atom. The van der Waals surface area contributed by atoms with Crippen molar-refractivity contribution in [1.82, 2.24) is 0 Å². The topological polar surface area (TPSA) is 86.2 Å². The zero-order valence-corrected chi connectivity index (χ0v) is 15.1. The van der Waals surface area contributed by atoms with Crippen LogP contribution in [-0.2, 0) is 4.57 Å². The van der Waals surface area contributed by atoms with E-state index in [0.717, 1.165) is 0 Å². The first-order chi connectivity index (χ1) is 2.00. The molecule has 0 aromatic heterocycles. The first kappa shape index (κ1) is 29.2. The molecule has 0 aromatic carbocycles. The van der Waals surface area contributed by atoms with Crippen molar-refractivity contribution in [2.75, 3.05) is 0 Å². The van der Waals surface area contributed by atoms with Crippen molar-refractivity contribution in [3.05, 3.63) is 0 Å². The van der Waals surface area contributed by atoms with Gasteiger partial charge in [-0.15, -0.1) is 0 Å². The molecular formula is Ca3O4PSn+7. The van der Waals surface area contributed by atoms with Gasteiger partial charge in [0.25, 0.3) is 0 Å². The second-order valence-corrected chi connectivity index (χ2v) is 1.34. The SMILES string of the molecule is O=P([O-])([O-])[O-].[Ca+2].[Ca+2].[Ca+2].[Sn+4]. The van der Waals surface area contributed by atoms with E-state index in [-0.39, 0.29) is 137 Å². The molecule has 0 bridgehead atoms. The molecule has 0 aliphatic heterocycles. The van der Waals surface area contributed by atoms with Crippen LogP contribution in [0.3, 0.4) is 0 Å². The molecule has 0 aromatic rings. The van der Waals surface area contributed by atoms with Crippen LogP contribution in [0, 0.1) is 0 Å². The molecule has 9 heavy (non-hydrogen) atoms. The second-order valence-electron chi connectivity index (χ2n) is 0.447. The normalized spacial score (nSPS) is 6.56. The maximum atomic E-state index is 8.55. The van der Waals surface area contributed by atoms with Crippen LogP contribution in [0.25, 0.3) is 0 Å². The standard InChI is InChI=1S/3Ca.H3O4P.Sn/c;;;1-5(2,3)4;/h;;;(H3,1,2,3,4);/q3*+2;;+4/p-3. The average Bonchev–Trinajstić information content (AvgIpc) is 0.722. The summed E-state index contributed by atoms with van der Waals surface area (Å²) in [6.45, 7) is 0. The first-order valence-electron chi connectivity index (χ1n) is 0.730. The summed E-state index contributed by atoms with van der Waals surface area (Å²) in [6.07, 6.45) is 0. The summed E-state index contributed by atoms with van der Waals surface area (Å²) in [5.41, 5.74) is 0. The maximum absolute atomic E-state index is 8.55. The van der Waals surface area contributed by atoms with Crippen LogP contribution < -0.4 is 14.7 Å². The van der Waals surface area contributed by atoms with Crippen LogP contribution in [0.2, 0.25) is 0 Å². The molecule has 0 saturated carbocycles. The molecule has 0 aliphatic rings. The number of hydrogen-bond acceptors (Lipinski definition) is 4. The quantitative estimate of drug-likeness (QED) is 0.331. The molecule has 9 heteroatoms. The molecule has 0 saturated heterocycles. The summed E-state index contributed by atoms with van der Waals surface area (Å²) in [7, 11) is -5.39. The summed E-state index contributed by atoms with van der Waals surface area (Å²) in [6, 6.07) is 0. The van der Waals surface area contributed by atoms with Crippen molar-refractivity contribution in [1.29, 1.82) is 0 Å². The molecule has 0 spiro atoms. The van der Waals surface area contributed by atoms with E-state index in [1.54, 1.807) is 0 Å². The Kier molecular flexibility index (Phi) is 49.2. The summed E-state index contributed by atoms with van der Waals surface area (Å²) >= 11 is 0. The van der Waals surface area contributed by atoms with Crippen molar-refractivity contribution in [3.63, 3.8) is 0 Å². The Bertz CT molecular complexity index is 61.9. The van der Waals surface area contributed by atoms with Gasteiger partial charge in [0.1, 0.15) is 0 Å². The van der Waals surface area contributed by atoms with Gasteiger partial charge in [-0.1, -0.05) is 0 Å². The third-order valence-corrected chi connectivity index (χ3v) is 0. The predicted octanol–water partition coefficient (Wildman–Crippen LogP) is -4.35. The average molecular weight is 334 g/mol. The first-order valence-corrected chi connectivity index (χ1v) is 2.19. The second kappa shape index (κ2) is 15.2. The van der Waals surface area contributed by atoms with Crippen LogP contribution >= 0.6 is 7.82 Å². The van der Waals surface area contributed by atoms with Crippen molar-refractivity contribution >= 4 is 145 Å². The number of hydrogen-bond donors (Lipinski definition) is 0. The van der Waals surface area contributed by atoms with Crippen molar-refractivity contribution in [2.45, 2.75) is 0 Å². The molecule has 0 amide bonds. The van der Waals surface area contributed by atoms with Gasteiger partial charge in [0, 0.05) is 0 Å². The van der Waals surface area contributed by atoms with Crippen molar-refractivity contribution in [3.8, 4) is 0 Å². The molecule has 4 nitrogen and oxygen atoms in total. The molecule has 0 aliphatic carbocycles. The molecule has 0 fully saturated rings. The van der Waals surface area contributed by atoms with Crippen LogP contribution in [-0.4, -0.2) is 137 Å². The molecule has 0 rings (SSSR count). The Hall–Kier alpha value is 4.69. The monoisotopic (exact) mass is 335 g/mol. The predicted molar refractivity (Wildman–Crippen MR) is 30.6 cm³/mol. The van der Waals surface area contributed by atoms with Gasteiger partial charge in [-0.05, 0) is 0 Å². The van der Waals surface area contributed by atoms with Gasteiger partial charge in [-0.2, -0.15) is 7.82 Å². The fraction of sp³-hybridized carbons (Fsp3) is 0. The Morgan fingerprint density at radius 2 is 0.889 bits per heavy atom. The van der Waals surface area contributed by atoms with E-state index in [9.17, 15) is 0 Å². The van der Waals surface area contributed by atoms with E-state index in [0.29, 0.717) is 0 Å². The van der Waals surface area contributed by atoms with E-state index in [1.807, 2.05) is 0 Å². The zero-order chi connectivity index (χ0) is 4.50. The van der Waals surface area contributed by atoms with Gasteiger partial charge < -0.3 is 19.2 Å². The molecule has 0 radical (unpaired) electrons. The fourth-order valence-corrected chi connectivity index (χ4v) is 0. The zero-order valence-electron chi connectivity index (χ0n) is 4.70. The Labute approximate surface area is 160 Å². The van der Waals surface area contributed by atoms with E-state index >= 15 is 0 Å². The van der Waals surface area contributed by atoms with E-state index in [1.165, 1.54) is 0 Å². The van der Waals surface area contributed by atoms with Gasteiger partial charge in [0.15, 0.2) is 0 Å². The Morgan fingerprint density at radius 1 is 0.889 bits per heavy atom. The van der Waals surface area contributed by atoms with E-state index in [4.69, 9.17) is 19.2 Å². The molecule has 0 N–H and O–H groups in total. The minimum Gasteiger partial charge on any atom is -0.822 e. The summed E-state index contributed by atoms with van der Waals surface area (Å²) in [5.74, 6) is 0. The smallest absolute Gasteiger partial charge is 0.822 e. The number of rotatable bonds is 0. The third kappa shape index (κ3) is 66.0. The molecule has 0 unspecified atom stereocenters. The van der Waals surface area contributed by atoms with Gasteiger partial charge >= 0.3 is 137 Å². The van der Waals surface area contributed by atoms with Gasteiger partial charge in [0.2, 0.25) is 0 Å². The fourth-order valence-electron chi connectivity index (χ4n) is 0.